The van der Waals surface area contributed by atoms with Crippen LogP contribution >= 0.6 is 0 Å². The van der Waals surface area contributed by atoms with E-state index >= 15 is 0 Å². The molecule has 1 rings (SSSR count). The van der Waals surface area contributed by atoms with Crippen LogP contribution in [0.1, 0.15) is 32.4 Å². The molecule has 0 radical (unpaired) electrons. The number of carbonyl (C=O) groups excluding carboxylic acids is 1. The molecule has 3 N–H and O–H groups in total. The number of halogens is 1. The van der Waals surface area contributed by atoms with Gasteiger partial charge in [-0.05, 0) is 38.5 Å². The van der Waals surface area contributed by atoms with E-state index in [2.05, 4.69) is 5.32 Å². The lowest BCUT2D eigenvalue weighted by Gasteiger charge is -2.27. The Labute approximate surface area is 106 Å². The highest BCUT2D eigenvalue weighted by Gasteiger charge is 2.26. The number of ether oxygens (including phenoxy) is 1. The summed E-state index contributed by atoms with van der Waals surface area (Å²) in [5.41, 5.74) is 5.15. The summed E-state index contributed by atoms with van der Waals surface area (Å²) in [6.07, 6.45) is 0. The molecular formula is C13H19FN2O2. The molecule has 1 amide bonds. The van der Waals surface area contributed by atoms with Gasteiger partial charge in [-0.1, -0.05) is 6.07 Å². The number of nitrogens with two attached hydrogens (primary N) is 1. The Hall–Kier alpha value is -1.62. The fourth-order valence-electron chi connectivity index (χ4n) is 1.65. The molecule has 1 atom stereocenters. The molecule has 0 spiro atoms. The van der Waals surface area contributed by atoms with Gasteiger partial charge in [0.25, 0.3) is 0 Å². The van der Waals surface area contributed by atoms with Gasteiger partial charge < -0.3 is 10.5 Å². The van der Waals surface area contributed by atoms with Crippen LogP contribution in [0.15, 0.2) is 18.2 Å². The summed E-state index contributed by atoms with van der Waals surface area (Å²) in [4.78, 5) is 11.2. The molecule has 18 heavy (non-hydrogen) atoms. The summed E-state index contributed by atoms with van der Waals surface area (Å²) in [7, 11) is 1.41. The summed E-state index contributed by atoms with van der Waals surface area (Å²) in [6.45, 7) is 5.21. The van der Waals surface area contributed by atoms with Gasteiger partial charge in [-0.2, -0.15) is 0 Å². The van der Waals surface area contributed by atoms with Gasteiger partial charge in [0.05, 0.1) is 12.6 Å². The predicted molar refractivity (Wildman–Crippen MR) is 67.8 cm³/mol. The van der Waals surface area contributed by atoms with E-state index in [-0.39, 0.29) is 11.8 Å². The SMILES string of the molecule is COc1ccc(C(C)NC(C)(C)C(N)=O)cc1F. The molecule has 0 aliphatic heterocycles. The molecular weight excluding hydrogens is 235 g/mol. The van der Waals surface area contributed by atoms with E-state index in [1.165, 1.54) is 13.2 Å². The van der Waals surface area contributed by atoms with Crippen LogP contribution in [0.5, 0.6) is 5.75 Å². The van der Waals surface area contributed by atoms with Gasteiger partial charge in [-0.25, -0.2) is 4.39 Å². The van der Waals surface area contributed by atoms with E-state index in [1.54, 1.807) is 26.0 Å². The highest BCUT2D eigenvalue weighted by Crippen LogP contribution is 2.23. The van der Waals surface area contributed by atoms with Crippen LogP contribution in [-0.4, -0.2) is 18.6 Å². The van der Waals surface area contributed by atoms with Gasteiger partial charge in [-0.15, -0.1) is 0 Å². The second kappa shape index (κ2) is 5.35. The molecule has 0 aliphatic carbocycles. The van der Waals surface area contributed by atoms with Crippen LogP contribution in [0.3, 0.4) is 0 Å². The molecule has 100 valence electrons. The largest absolute Gasteiger partial charge is 0.494 e. The van der Waals surface area contributed by atoms with E-state index in [0.717, 1.165) is 5.56 Å². The zero-order chi connectivity index (χ0) is 13.9. The molecule has 0 bridgehead atoms. The lowest BCUT2D eigenvalue weighted by atomic mass is 10.0. The van der Waals surface area contributed by atoms with Crippen molar-refractivity contribution in [2.45, 2.75) is 32.4 Å². The van der Waals surface area contributed by atoms with Crippen molar-refractivity contribution in [1.29, 1.82) is 0 Å². The summed E-state index contributed by atoms with van der Waals surface area (Å²) < 4.78 is 18.4. The molecule has 0 heterocycles. The third-order valence-electron chi connectivity index (χ3n) is 2.87. The van der Waals surface area contributed by atoms with Crippen molar-refractivity contribution in [3.8, 4) is 5.75 Å². The highest BCUT2D eigenvalue weighted by molar-refractivity contribution is 5.83. The number of carbonyl (C=O) groups is 1. The highest BCUT2D eigenvalue weighted by atomic mass is 19.1. The minimum atomic E-state index is -0.851. The Bertz CT molecular complexity index is 447. The van der Waals surface area contributed by atoms with E-state index in [1.807, 2.05) is 6.92 Å². The third kappa shape index (κ3) is 3.20. The summed E-state index contributed by atoms with van der Waals surface area (Å²) in [5, 5.41) is 3.05. The topological polar surface area (TPSA) is 64.3 Å². The number of benzene rings is 1. The van der Waals surface area contributed by atoms with Crippen LogP contribution in [0.4, 0.5) is 4.39 Å². The van der Waals surface area contributed by atoms with E-state index in [9.17, 15) is 9.18 Å². The number of hydrogen-bond donors (Lipinski definition) is 2. The van der Waals surface area contributed by atoms with Crippen molar-refractivity contribution >= 4 is 5.91 Å². The lowest BCUT2D eigenvalue weighted by Crippen LogP contribution is -2.51. The molecule has 5 heteroatoms. The average molecular weight is 254 g/mol. The van der Waals surface area contributed by atoms with E-state index in [0.29, 0.717) is 0 Å². The standard InChI is InChI=1S/C13H19FN2O2/c1-8(16-13(2,3)12(15)17)9-5-6-11(18-4)10(14)7-9/h5-8,16H,1-4H3,(H2,15,17). The normalized spacial score (nSPS) is 13.2. The van der Waals surface area contributed by atoms with Crippen molar-refractivity contribution in [1.82, 2.24) is 5.32 Å². The molecule has 0 aromatic heterocycles. The summed E-state index contributed by atoms with van der Waals surface area (Å²) in [5.74, 6) is -0.691. The van der Waals surface area contributed by atoms with Crippen molar-refractivity contribution in [2.24, 2.45) is 5.73 Å². The molecule has 0 fully saturated rings. The molecule has 4 nitrogen and oxygen atoms in total. The number of amides is 1. The van der Waals surface area contributed by atoms with Crippen molar-refractivity contribution in [3.05, 3.63) is 29.6 Å². The fraction of sp³-hybridized carbons (Fsp3) is 0.462. The van der Waals surface area contributed by atoms with Crippen LogP contribution < -0.4 is 15.8 Å². The first-order valence-electron chi connectivity index (χ1n) is 5.69. The lowest BCUT2D eigenvalue weighted by molar-refractivity contribution is -0.123. The Morgan fingerprint density at radius 1 is 1.50 bits per heavy atom. The number of nitrogens with one attached hydrogen (secondary N) is 1. The van der Waals surface area contributed by atoms with Gasteiger partial charge in [0.2, 0.25) is 5.91 Å². The molecule has 0 saturated heterocycles. The number of primary amides is 1. The minimum absolute atomic E-state index is 0.195. The summed E-state index contributed by atoms with van der Waals surface area (Å²) >= 11 is 0. The van der Waals surface area contributed by atoms with Gasteiger partial charge in [0.15, 0.2) is 11.6 Å². The van der Waals surface area contributed by atoms with Crippen LogP contribution in [0.25, 0.3) is 0 Å². The zero-order valence-corrected chi connectivity index (χ0v) is 11.1. The van der Waals surface area contributed by atoms with Gasteiger partial charge in [0, 0.05) is 6.04 Å². The number of methoxy groups -OCH3 is 1. The van der Waals surface area contributed by atoms with Crippen LogP contribution in [-0.2, 0) is 4.79 Å². The monoisotopic (exact) mass is 254 g/mol. The average Bonchev–Trinajstić information content (AvgIpc) is 2.28. The molecule has 1 unspecified atom stereocenters. The zero-order valence-electron chi connectivity index (χ0n) is 11.1. The molecule has 0 saturated carbocycles. The van der Waals surface area contributed by atoms with Crippen molar-refractivity contribution in [2.75, 3.05) is 7.11 Å². The Morgan fingerprint density at radius 3 is 2.56 bits per heavy atom. The first-order chi connectivity index (χ1) is 8.27. The molecule has 1 aromatic carbocycles. The predicted octanol–water partition coefficient (Wildman–Crippen LogP) is 1.75. The van der Waals surface area contributed by atoms with Crippen LogP contribution in [0.2, 0.25) is 0 Å². The smallest absolute Gasteiger partial charge is 0.237 e. The van der Waals surface area contributed by atoms with E-state index in [4.69, 9.17) is 10.5 Å². The second-order valence-electron chi connectivity index (χ2n) is 4.75. The molecule has 0 aliphatic rings. The Kier molecular flexibility index (Phi) is 4.29. The van der Waals surface area contributed by atoms with E-state index < -0.39 is 17.3 Å². The van der Waals surface area contributed by atoms with Gasteiger partial charge in [-0.3, -0.25) is 10.1 Å². The first-order valence-corrected chi connectivity index (χ1v) is 5.69. The van der Waals surface area contributed by atoms with Gasteiger partial charge in [0.1, 0.15) is 0 Å². The Balaban J connectivity index is 2.88. The number of hydrogen-bond acceptors (Lipinski definition) is 3. The minimum Gasteiger partial charge on any atom is -0.494 e. The Morgan fingerprint density at radius 2 is 2.11 bits per heavy atom. The third-order valence-corrected chi connectivity index (χ3v) is 2.87. The molecule has 1 aromatic rings. The second-order valence-corrected chi connectivity index (χ2v) is 4.75. The van der Waals surface area contributed by atoms with Gasteiger partial charge >= 0.3 is 0 Å². The van der Waals surface area contributed by atoms with Crippen LogP contribution in [0, 0.1) is 5.82 Å². The first kappa shape index (κ1) is 14.4. The number of rotatable bonds is 5. The maximum atomic E-state index is 13.6. The summed E-state index contributed by atoms with van der Waals surface area (Å²) in [6, 6.07) is 4.48. The quantitative estimate of drug-likeness (QED) is 0.841. The maximum absolute atomic E-state index is 13.6. The van der Waals surface area contributed by atoms with Crippen molar-refractivity contribution in [3.63, 3.8) is 0 Å². The maximum Gasteiger partial charge on any atom is 0.237 e. The fourth-order valence-corrected chi connectivity index (χ4v) is 1.65. The van der Waals surface area contributed by atoms with Crippen molar-refractivity contribution < 1.29 is 13.9 Å².